The highest BCUT2D eigenvalue weighted by molar-refractivity contribution is 5.74. The number of urea groups is 1. The lowest BCUT2D eigenvalue weighted by molar-refractivity contribution is -0.0121. The van der Waals surface area contributed by atoms with Crippen molar-refractivity contribution in [2.75, 3.05) is 6.54 Å². The van der Waals surface area contributed by atoms with E-state index in [2.05, 4.69) is 59.9 Å². The summed E-state index contributed by atoms with van der Waals surface area (Å²) in [6.45, 7) is 7.70. The molecule has 4 nitrogen and oxygen atoms in total. The number of fused-ring (bicyclic) bond motifs is 5. The van der Waals surface area contributed by atoms with Crippen molar-refractivity contribution in [3.05, 3.63) is 47.8 Å². The van der Waals surface area contributed by atoms with Gasteiger partial charge in [0, 0.05) is 25.0 Å². The van der Waals surface area contributed by atoms with Gasteiger partial charge in [-0.1, -0.05) is 37.6 Å². The maximum Gasteiger partial charge on any atom is 0.315 e. The van der Waals surface area contributed by atoms with Crippen molar-refractivity contribution < 1.29 is 4.79 Å². The Kier molecular flexibility index (Phi) is 5.22. The van der Waals surface area contributed by atoms with Gasteiger partial charge < -0.3 is 10.6 Å². The van der Waals surface area contributed by atoms with Crippen molar-refractivity contribution in [2.24, 2.45) is 28.6 Å². The van der Waals surface area contributed by atoms with Crippen LogP contribution >= 0.6 is 0 Å². The summed E-state index contributed by atoms with van der Waals surface area (Å²) in [5, 5.41) is 6.09. The topological polar surface area (TPSA) is 54.0 Å². The lowest BCUT2D eigenvalue weighted by atomic mass is 9.47. The zero-order valence-corrected chi connectivity index (χ0v) is 19.3. The van der Waals surface area contributed by atoms with Crippen molar-refractivity contribution in [1.29, 1.82) is 0 Å². The van der Waals surface area contributed by atoms with Crippen LogP contribution in [0.5, 0.6) is 0 Å². The molecule has 0 radical (unpaired) electrons. The van der Waals surface area contributed by atoms with E-state index in [0.29, 0.717) is 12.0 Å². The van der Waals surface area contributed by atoms with Crippen LogP contribution in [-0.2, 0) is 0 Å². The molecular weight excluding hydrogens is 382 g/mol. The van der Waals surface area contributed by atoms with Crippen molar-refractivity contribution in [1.82, 2.24) is 15.6 Å². The highest BCUT2D eigenvalue weighted by atomic mass is 16.2. The first-order valence-corrected chi connectivity index (χ1v) is 12.3. The number of rotatable bonds is 3. The van der Waals surface area contributed by atoms with E-state index in [9.17, 15) is 4.79 Å². The van der Waals surface area contributed by atoms with Gasteiger partial charge in [0.05, 0.1) is 0 Å². The number of nitrogens with one attached hydrogen (secondary N) is 2. The minimum atomic E-state index is -0.0150. The van der Waals surface area contributed by atoms with E-state index in [4.69, 9.17) is 0 Å². The fraction of sp³-hybridized carbons (Fsp3) is 0.630. The first kappa shape index (κ1) is 20.8. The second-order valence-electron chi connectivity index (χ2n) is 10.8. The van der Waals surface area contributed by atoms with Crippen LogP contribution < -0.4 is 10.6 Å². The van der Waals surface area contributed by atoms with E-state index in [1.165, 1.54) is 37.7 Å². The summed E-state index contributed by atoms with van der Waals surface area (Å²) in [6, 6.07) is 4.57. The number of carbonyl (C=O) groups is 1. The molecule has 2 saturated carbocycles. The molecule has 2 N–H and O–H groups in total. The van der Waals surface area contributed by atoms with Crippen molar-refractivity contribution in [2.45, 2.75) is 71.8 Å². The average molecular weight is 420 g/mol. The van der Waals surface area contributed by atoms with Crippen LogP contribution in [0.2, 0.25) is 0 Å². The van der Waals surface area contributed by atoms with Gasteiger partial charge in [-0.25, -0.2) is 4.79 Å². The highest BCUT2D eigenvalue weighted by Gasteiger charge is 2.56. The number of allylic oxidation sites excluding steroid dienone is 3. The molecule has 2 fully saturated rings. The van der Waals surface area contributed by atoms with E-state index in [1.807, 2.05) is 13.1 Å². The third-order valence-corrected chi connectivity index (χ3v) is 9.33. The number of nitrogens with zero attached hydrogens (tertiary/aromatic N) is 1. The molecule has 0 saturated heterocycles. The molecule has 31 heavy (non-hydrogen) atoms. The average Bonchev–Trinajstić information content (AvgIpc) is 3.12. The van der Waals surface area contributed by atoms with Crippen LogP contribution in [0.15, 0.2) is 42.3 Å². The van der Waals surface area contributed by atoms with Gasteiger partial charge in [-0.15, -0.1) is 0 Å². The molecule has 1 aromatic heterocycles. The fourth-order valence-corrected chi connectivity index (χ4v) is 7.72. The first-order chi connectivity index (χ1) is 15.0. The van der Waals surface area contributed by atoms with Crippen LogP contribution in [0.3, 0.4) is 0 Å². The molecule has 2 amide bonds. The summed E-state index contributed by atoms with van der Waals surface area (Å²) in [5.41, 5.74) is 5.06. The number of aromatic nitrogens is 1. The number of amides is 2. The van der Waals surface area contributed by atoms with Gasteiger partial charge in [-0.2, -0.15) is 0 Å². The molecule has 0 bridgehead atoms. The molecule has 1 aromatic rings. The zero-order valence-electron chi connectivity index (χ0n) is 19.3. The molecule has 4 heteroatoms. The largest absolute Gasteiger partial charge is 0.338 e. The third-order valence-electron chi connectivity index (χ3n) is 9.33. The molecule has 1 heterocycles. The van der Waals surface area contributed by atoms with E-state index < -0.39 is 0 Å². The van der Waals surface area contributed by atoms with Crippen molar-refractivity contribution in [3.63, 3.8) is 0 Å². The normalized spacial score (nSPS) is 38.8. The van der Waals surface area contributed by atoms with Crippen LogP contribution in [0.4, 0.5) is 4.79 Å². The molecule has 0 aromatic carbocycles. The lowest BCUT2D eigenvalue weighted by Gasteiger charge is -2.58. The minimum Gasteiger partial charge on any atom is -0.338 e. The molecular formula is C27H37N3O. The quantitative estimate of drug-likeness (QED) is 0.615. The van der Waals surface area contributed by atoms with Crippen LogP contribution in [0.25, 0.3) is 5.57 Å². The summed E-state index contributed by atoms with van der Waals surface area (Å²) < 4.78 is 0. The molecule has 4 aliphatic rings. The second kappa shape index (κ2) is 7.79. The second-order valence-corrected chi connectivity index (χ2v) is 10.8. The van der Waals surface area contributed by atoms with E-state index >= 15 is 0 Å². The highest BCUT2D eigenvalue weighted by Crippen LogP contribution is 2.66. The summed E-state index contributed by atoms with van der Waals surface area (Å²) in [7, 11) is 0. The SMILES string of the molecule is CCNC(=O)N[C@@H]1CC[C@@]2(C)C(=CC[C@@H]3[C@@H]2CC[C@]2(C)C(c4cccnc4)=CC[C@@H]32)C1. The smallest absolute Gasteiger partial charge is 0.315 e. The molecule has 0 aliphatic heterocycles. The molecule has 5 rings (SSSR count). The summed E-state index contributed by atoms with van der Waals surface area (Å²) >= 11 is 0. The number of hydrogen-bond donors (Lipinski definition) is 2. The van der Waals surface area contributed by atoms with Gasteiger partial charge in [0.25, 0.3) is 0 Å². The maximum absolute atomic E-state index is 12.0. The molecule has 0 spiro atoms. The summed E-state index contributed by atoms with van der Waals surface area (Å²) in [4.78, 5) is 16.4. The lowest BCUT2D eigenvalue weighted by Crippen LogP contribution is -2.52. The van der Waals surface area contributed by atoms with Crippen molar-refractivity contribution >= 4 is 11.6 Å². The fourth-order valence-electron chi connectivity index (χ4n) is 7.72. The zero-order chi connectivity index (χ0) is 21.6. The Hall–Kier alpha value is -2.10. The first-order valence-electron chi connectivity index (χ1n) is 12.3. The van der Waals surface area contributed by atoms with Gasteiger partial charge in [0.15, 0.2) is 0 Å². The number of pyridine rings is 1. The van der Waals surface area contributed by atoms with Gasteiger partial charge in [0.2, 0.25) is 0 Å². The molecule has 6 atom stereocenters. The van der Waals surface area contributed by atoms with Gasteiger partial charge >= 0.3 is 6.03 Å². The van der Waals surface area contributed by atoms with Gasteiger partial charge in [0.1, 0.15) is 0 Å². The predicted octanol–water partition coefficient (Wildman–Crippen LogP) is 5.73. The number of carbonyl (C=O) groups excluding carboxylic acids is 1. The van der Waals surface area contributed by atoms with E-state index in [0.717, 1.165) is 30.6 Å². The predicted molar refractivity (Wildman–Crippen MR) is 125 cm³/mol. The van der Waals surface area contributed by atoms with Crippen LogP contribution in [0.1, 0.15) is 71.3 Å². The Morgan fingerprint density at radius 3 is 2.74 bits per heavy atom. The number of hydrogen-bond acceptors (Lipinski definition) is 2. The van der Waals surface area contributed by atoms with Gasteiger partial charge in [-0.3, -0.25) is 4.98 Å². The van der Waals surface area contributed by atoms with E-state index in [1.54, 1.807) is 11.1 Å². The summed E-state index contributed by atoms with van der Waals surface area (Å²) in [6.07, 6.45) is 17.4. The van der Waals surface area contributed by atoms with E-state index in [-0.39, 0.29) is 17.5 Å². The van der Waals surface area contributed by atoms with Crippen LogP contribution in [0, 0.1) is 28.6 Å². The van der Waals surface area contributed by atoms with Crippen LogP contribution in [-0.4, -0.2) is 23.6 Å². The molecule has 0 unspecified atom stereocenters. The summed E-state index contributed by atoms with van der Waals surface area (Å²) in [5.74, 6) is 2.28. The Labute approximate surface area is 187 Å². The standard InChI is InChI=1S/C27H37N3O/c1-4-29-25(31)30-20-11-13-26(2)19(16-20)7-8-21-23-10-9-22(18-6-5-15-28-17-18)27(23,3)14-12-24(21)26/h5-7,9,15,17,20-21,23-24H,4,8,10-14,16H2,1-3H3,(H2,29,30,31)/t20-,21+,23+,24+,26+,27-/m1/s1. The monoisotopic (exact) mass is 419 g/mol. The molecule has 4 aliphatic carbocycles. The Morgan fingerprint density at radius 2 is 1.97 bits per heavy atom. The van der Waals surface area contributed by atoms with Gasteiger partial charge in [-0.05, 0) is 97.7 Å². The Bertz CT molecular complexity index is 906. The minimum absolute atomic E-state index is 0.0150. The van der Waals surface area contributed by atoms with Crippen molar-refractivity contribution in [3.8, 4) is 0 Å². The maximum atomic E-state index is 12.0. The Balaban J connectivity index is 1.35. The third kappa shape index (κ3) is 3.34. The molecule has 166 valence electrons. The Morgan fingerprint density at radius 1 is 1.13 bits per heavy atom.